The zero-order valence-corrected chi connectivity index (χ0v) is 11.7. The van der Waals surface area contributed by atoms with E-state index in [1.165, 1.54) is 0 Å². The Hall–Kier alpha value is -1.75. The minimum absolute atomic E-state index is 0.623. The van der Waals surface area contributed by atoms with Crippen LogP contribution in [-0.2, 0) is 11.2 Å². The first-order valence-electron chi connectivity index (χ1n) is 6.33. The van der Waals surface area contributed by atoms with E-state index in [0.29, 0.717) is 29.8 Å². The Morgan fingerprint density at radius 3 is 2.84 bits per heavy atom. The number of aryl methyl sites for hydroxylation is 1. The summed E-state index contributed by atoms with van der Waals surface area (Å²) in [6, 6.07) is 9.77. The highest BCUT2D eigenvalue weighted by Gasteiger charge is 2.08. The third kappa shape index (κ3) is 4.13. The molecule has 100 valence electrons. The number of benzene rings is 1. The van der Waals surface area contributed by atoms with Crippen LogP contribution >= 0.6 is 12.2 Å². The van der Waals surface area contributed by atoms with Crippen LogP contribution in [0.15, 0.2) is 34.9 Å². The molecule has 1 aromatic carbocycles. The molecule has 0 aliphatic carbocycles. The molecule has 5 heteroatoms. The van der Waals surface area contributed by atoms with E-state index in [1.807, 2.05) is 37.3 Å². The van der Waals surface area contributed by atoms with Crippen LogP contribution in [0.1, 0.15) is 25.7 Å². The molecule has 0 unspecified atom stereocenters. The number of ether oxygens (including phenoxy) is 1. The Kier molecular flexibility index (Phi) is 5.03. The van der Waals surface area contributed by atoms with Crippen molar-refractivity contribution < 1.29 is 9.26 Å². The summed E-state index contributed by atoms with van der Waals surface area (Å²) in [7, 11) is 0. The van der Waals surface area contributed by atoms with Crippen LogP contribution in [-0.4, -0.2) is 21.8 Å². The second-order valence-corrected chi connectivity index (χ2v) is 4.49. The number of rotatable bonds is 6. The monoisotopic (exact) mass is 276 g/mol. The maximum Gasteiger partial charge on any atom is 0.226 e. The molecule has 0 saturated carbocycles. The Morgan fingerprint density at radius 2 is 2.11 bits per heavy atom. The van der Waals surface area contributed by atoms with E-state index in [-0.39, 0.29) is 0 Å². The second kappa shape index (κ2) is 6.99. The average Bonchev–Trinajstić information content (AvgIpc) is 2.89. The molecule has 0 spiro atoms. The molecule has 0 radical (unpaired) electrons. The van der Waals surface area contributed by atoms with Gasteiger partial charge in [-0.3, -0.25) is 0 Å². The number of hydrogen-bond acceptors (Lipinski definition) is 5. The van der Waals surface area contributed by atoms with Gasteiger partial charge in [-0.25, -0.2) is 0 Å². The summed E-state index contributed by atoms with van der Waals surface area (Å²) in [6.45, 7) is 2.55. The van der Waals surface area contributed by atoms with E-state index >= 15 is 0 Å². The first kappa shape index (κ1) is 13.7. The highest BCUT2D eigenvalue weighted by Crippen LogP contribution is 2.15. The topological polar surface area (TPSA) is 48.2 Å². The third-order valence-corrected chi connectivity index (χ3v) is 2.90. The molecule has 0 fully saturated rings. The summed E-state index contributed by atoms with van der Waals surface area (Å²) in [5.41, 5.74) is 0.960. The Balaban J connectivity index is 1.86. The van der Waals surface area contributed by atoms with E-state index in [4.69, 9.17) is 21.5 Å². The summed E-state index contributed by atoms with van der Waals surface area (Å²) in [5.74, 6) is 1.26. The lowest BCUT2D eigenvalue weighted by molar-refractivity contribution is 0.324. The van der Waals surface area contributed by atoms with Gasteiger partial charge in [-0.1, -0.05) is 35.5 Å². The van der Waals surface area contributed by atoms with Crippen molar-refractivity contribution in [2.24, 2.45) is 0 Å². The molecule has 19 heavy (non-hydrogen) atoms. The van der Waals surface area contributed by atoms with Gasteiger partial charge in [0.1, 0.15) is 0 Å². The number of nitrogens with zero attached hydrogens (tertiary/aromatic N) is 2. The van der Waals surface area contributed by atoms with Crippen LogP contribution in [0, 0.1) is 0 Å². The molecule has 0 N–H and O–H groups in total. The van der Waals surface area contributed by atoms with E-state index in [0.717, 1.165) is 18.4 Å². The molecule has 4 nitrogen and oxygen atoms in total. The third-order valence-electron chi connectivity index (χ3n) is 2.58. The van der Waals surface area contributed by atoms with Crippen molar-refractivity contribution in [3.63, 3.8) is 0 Å². The van der Waals surface area contributed by atoms with Crippen LogP contribution in [0.3, 0.4) is 0 Å². The second-order valence-electron chi connectivity index (χ2n) is 4.04. The van der Waals surface area contributed by atoms with Crippen molar-refractivity contribution in [3.05, 3.63) is 36.2 Å². The largest absolute Gasteiger partial charge is 0.487 e. The van der Waals surface area contributed by atoms with Crippen molar-refractivity contribution >= 4 is 17.3 Å². The lowest BCUT2D eigenvalue weighted by Gasteiger charge is -2.02. The van der Waals surface area contributed by atoms with Gasteiger partial charge in [0, 0.05) is 18.4 Å². The smallest absolute Gasteiger partial charge is 0.226 e. The van der Waals surface area contributed by atoms with Gasteiger partial charge >= 0.3 is 0 Å². The fourth-order valence-electron chi connectivity index (χ4n) is 1.68. The van der Waals surface area contributed by atoms with Gasteiger partial charge in [-0.05, 0) is 25.6 Å². The molecule has 0 saturated heterocycles. The predicted octanol–water partition coefficient (Wildman–Crippen LogP) is 3.42. The molecule has 0 amide bonds. The normalized spacial score (nSPS) is 10.4. The van der Waals surface area contributed by atoms with Gasteiger partial charge in [0.15, 0.2) is 5.05 Å². The summed E-state index contributed by atoms with van der Waals surface area (Å²) >= 11 is 5.06. The van der Waals surface area contributed by atoms with E-state index in [2.05, 4.69) is 10.1 Å². The molecule has 2 rings (SSSR count). The average molecular weight is 276 g/mol. The zero-order valence-electron chi connectivity index (χ0n) is 10.8. The molecule has 1 heterocycles. The van der Waals surface area contributed by atoms with Gasteiger partial charge in [-0.15, -0.1) is 0 Å². The van der Waals surface area contributed by atoms with Gasteiger partial charge in [-0.2, -0.15) is 4.98 Å². The summed E-state index contributed by atoms with van der Waals surface area (Å²) in [4.78, 5) is 4.36. The fraction of sp³-hybridized carbons (Fsp3) is 0.357. The van der Waals surface area contributed by atoms with Gasteiger partial charge in [0.25, 0.3) is 0 Å². The number of thiocarbonyl (C=S) groups is 1. The molecule has 0 aliphatic heterocycles. The Bertz CT molecular complexity index is 525. The van der Waals surface area contributed by atoms with Gasteiger partial charge < -0.3 is 9.26 Å². The van der Waals surface area contributed by atoms with Crippen LogP contribution in [0.25, 0.3) is 11.4 Å². The first-order chi connectivity index (χ1) is 9.29. The van der Waals surface area contributed by atoms with Crippen LogP contribution in [0.2, 0.25) is 0 Å². The van der Waals surface area contributed by atoms with Crippen LogP contribution in [0.4, 0.5) is 0 Å². The van der Waals surface area contributed by atoms with E-state index in [9.17, 15) is 0 Å². The van der Waals surface area contributed by atoms with E-state index in [1.54, 1.807) is 0 Å². The minimum Gasteiger partial charge on any atom is -0.487 e. The standard InChI is InChI=1S/C14H16N2O2S/c1-2-17-13(19)10-6-9-12-15-14(16-18-12)11-7-4-3-5-8-11/h3-5,7-8H,2,6,9-10H2,1H3. The molecule has 0 bridgehead atoms. The molecular weight excluding hydrogens is 260 g/mol. The fourth-order valence-corrected chi connectivity index (χ4v) is 1.94. The minimum atomic E-state index is 0.623. The van der Waals surface area contributed by atoms with Gasteiger partial charge in [0.2, 0.25) is 11.7 Å². The predicted molar refractivity (Wildman–Crippen MR) is 76.9 cm³/mol. The molecule has 1 aromatic heterocycles. The summed E-state index contributed by atoms with van der Waals surface area (Å²) in [6.07, 6.45) is 2.31. The lowest BCUT2D eigenvalue weighted by Crippen LogP contribution is -2.01. The molecule has 0 atom stereocenters. The lowest BCUT2D eigenvalue weighted by atomic mass is 10.2. The zero-order chi connectivity index (χ0) is 13.5. The highest BCUT2D eigenvalue weighted by molar-refractivity contribution is 7.80. The Morgan fingerprint density at radius 1 is 1.32 bits per heavy atom. The molecule has 0 aliphatic rings. The Labute approximate surface area is 117 Å². The SMILES string of the molecule is CCOC(=S)CCCc1nc(-c2ccccc2)no1. The van der Waals surface area contributed by atoms with Crippen LogP contribution < -0.4 is 0 Å². The van der Waals surface area contributed by atoms with Crippen molar-refractivity contribution in [3.8, 4) is 11.4 Å². The van der Waals surface area contributed by atoms with Crippen molar-refractivity contribution in [1.82, 2.24) is 10.1 Å². The van der Waals surface area contributed by atoms with Crippen LogP contribution in [0.5, 0.6) is 0 Å². The molecule has 2 aromatic rings. The van der Waals surface area contributed by atoms with Crippen molar-refractivity contribution in [2.75, 3.05) is 6.61 Å². The maximum absolute atomic E-state index is 5.22. The number of hydrogen-bond donors (Lipinski definition) is 0. The quantitative estimate of drug-likeness (QED) is 0.757. The van der Waals surface area contributed by atoms with Crippen molar-refractivity contribution in [1.29, 1.82) is 0 Å². The maximum atomic E-state index is 5.22. The summed E-state index contributed by atoms with van der Waals surface area (Å²) < 4.78 is 10.4. The van der Waals surface area contributed by atoms with E-state index < -0.39 is 0 Å². The van der Waals surface area contributed by atoms with Gasteiger partial charge in [0.05, 0.1) is 6.61 Å². The van der Waals surface area contributed by atoms with Crippen molar-refractivity contribution in [2.45, 2.75) is 26.2 Å². The number of aromatic nitrogens is 2. The molecular formula is C14H16N2O2S. The summed E-state index contributed by atoms with van der Waals surface area (Å²) in [5, 5.41) is 4.61. The first-order valence-corrected chi connectivity index (χ1v) is 6.74. The highest BCUT2D eigenvalue weighted by atomic mass is 32.1.